The number of fused-ring (bicyclic) bond motifs is 1. The number of nitrogens with zero attached hydrogens (tertiary/aromatic N) is 1. The molecule has 3 nitrogen and oxygen atoms in total. The Labute approximate surface area is 153 Å². The molecular formula is C21H25NO2S. The second-order valence-corrected chi connectivity index (χ2v) is 10.3. The highest BCUT2D eigenvalue weighted by atomic mass is 32.1. The maximum atomic E-state index is 13.0. The Morgan fingerprint density at radius 2 is 1.72 bits per heavy atom. The predicted octanol–water partition coefficient (Wildman–Crippen LogP) is 4.93. The maximum Gasteiger partial charge on any atom is 0.161 e. The largest absolute Gasteiger partial charge is 0.299 e. The molecule has 0 N–H and O–H groups in total. The molecule has 2 atom stereocenters. The van der Waals surface area contributed by atoms with E-state index in [1.807, 2.05) is 11.4 Å². The quantitative estimate of drug-likeness (QED) is 0.717. The lowest BCUT2D eigenvalue weighted by Gasteiger charge is -2.43. The van der Waals surface area contributed by atoms with Crippen molar-refractivity contribution in [1.82, 2.24) is 0 Å². The lowest BCUT2D eigenvalue weighted by atomic mass is 9.61. The summed E-state index contributed by atoms with van der Waals surface area (Å²) in [6.07, 6.45) is 2.78. The van der Waals surface area contributed by atoms with Gasteiger partial charge in [0.05, 0.1) is 5.92 Å². The minimum absolute atomic E-state index is 0.0430. The van der Waals surface area contributed by atoms with Gasteiger partial charge in [-0.1, -0.05) is 33.8 Å². The average Bonchev–Trinajstić information content (AvgIpc) is 2.95. The Bertz CT molecular complexity index is 811. The Morgan fingerprint density at radius 3 is 2.40 bits per heavy atom. The summed E-state index contributed by atoms with van der Waals surface area (Å²) < 4.78 is 0. The third kappa shape index (κ3) is 2.84. The van der Waals surface area contributed by atoms with Crippen molar-refractivity contribution in [3.05, 3.63) is 33.7 Å². The van der Waals surface area contributed by atoms with E-state index in [2.05, 4.69) is 33.8 Å². The first-order valence-corrected chi connectivity index (χ1v) is 9.95. The van der Waals surface area contributed by atoms with Crippen LogP contribution in [0.2, 0.25) is 0 Å². The second kappa shape index (κ2) is 5.47. The van der Waals surface area contributed by atoms with Crippen LogP contribution in [-0.2, 0) is 9.59 Å². The van der Waals surface area contributed by atoms with Crippen LogP contribution in [0.4, 0.5) is 0 Å². The first-order valence-electron chi connectivity index (χ1n) is 9.07. The number of carbonyl (C=O) groups is 2. The van der Waals surface area contributed by atoms with Gasteiger partial charge in [0.15, 0.2) is 5.78 Å². The van der Waals surface area contributed by atoms with Crippen molar-refractivity contribution in [3.63, 3.8) is 0 Å². The van der Waals surface area contributed by atoms with Gasteiger partial charge in [-0.15, -0.1) is 11.3 Å². The molecule has 0 spiro atoms. The van der Waals surface area contributed by atoms with Crippen LogP contribution in [0.25, 0.3) is 0 Å². The number of hydrogen-bond acceptors (Lipinski definition) is 4. The lowest BCUT2D eigenvalue weighted by molar-refractivity contribution is -0.124. The first-order chi connectivity index (χ1) is 11.7. The molecule has 1 aliphatic heterocycles. The molecule has 0 radical (unpaired) electrons. The summed E-state index contributed by atoms with van der Waals surface area (Å²) in [5.41, 5.74) is 2.67. The normalized spacial score (nSPS) is 30.6. The summed E-state index contributed by atoms with van der Waals surface area (Å²) in [5, 5.41) is 2.04. The van der Waals surface area contributed by atoms with Crippen molar-refractivity contribution in [2.45, 2.75) is 59.3 Å². The molecule has 0 bridgehead atoms. The zero-order chi connectivity index (χ0) is 18.0. The van der Waals surface area contributed by atoms with Gasteiger partial charge >= 0.3 is 0 Å². The van der Waals surface area contributed by atoms with Crippen LogP contribution in [0.5, 0.6) is 0 Å². The number of hydrogen-bond donors (Lipinski definition) is 0. The number of ketones is 2. The summed E-state index contributed by atoms with van der Waals surface area (Å²) in [5.74, 6) is 0.0768. The van der Waals surface area contributed by atoms with Crippen molar-refractivity contribution < 1.29 is 9.59 Å². The van der Waals surface area contributed by atoms with E-state index in [-0.39, 0.29) is 34.2 Å². The Balaban J connectivity index is 1.90. The highest BCUT2D eigenvalue weighted by molar-refractivity contribution is 7.10. The fourth-order valence-electron chi connectivity index (χ4n) is 4.79. The zero-order valence-electron chi connectivity index (χ0n) is 15.4. The molecule has 1 saturated carbocycles. The summed E-state index contributed by atoms with van der Waals surface area (Å²) >= 11 is 1.65. The molecule has 25 heavy (non-hydrogen) atoms. The second-order valence-electron chi connectivity index (χ2n) is 9.36. The van der Waals surface area contributed by atoms with E-state index in [0.29, 0.717) is 12.8 Å². The smallest absolute Gasteiger partial charge is 0.161 e. The van der Waals surface area contributed by atoms with Gasteiger partial charge in [-0.3, -0.25) is 14.6 Å². The van der Waals surface area contributed by atoms with Crippen LogP contribution >= 0.6 is 11.3 Å². The molecule has 3 aliphatic rings. The fourth-order valence-corrected chi connectivity index (χ4v) is 5.66. The molecule has 4 rings (SSSR count). The third-order valence-corrected chi connectivity index (χ3v) is 6.64. The maximum absolute atomic E-state index is 13.0. The number of thiophene rings is 1. The number of rotatable bonds is 1. The summed E-state index contributed by atoms with van der Waals surface area (Å²) in [7, 11) is 0. The van der Waals surface area contributed by atoms with Crippen molar-refractivity contribution in [2.24, 2.45) is 21.7 Å². The van der Waals surface area contributed by atoms with Gasteiger partial charge in [0.25, 0.3) is 0 Å². The highest BCUT2D eigenvalue weighted by Gasteiger charge is 2.50. The van der Waals surface area contributed by atoms with E-state index in [1.165, 1.54) is 0 Å². The molecular weight excluding hydrogens is 330 g/mol. The Hall–Kier alpha value is -1.55. The third-order valence-electron chi connectivity index (χ3n) is 5.69. The first kappa shape index (κ1) is 16.9. The van der Waals surface area contributed by atoms with Crippen molar-refractivity contribution in [3.8, 4) is 0 Å². The monoisotopic (exact) mass is 355 g/mol. The summed E-state index contributed by atoms with van der Waals surface area (Å²) in [4.78, 5) is 32.1. The average molecular weight is 356 g/mol. The van der Waals surface area contributed by atoms with Crippen molar-refractivity contribution in [2.75, 3.05) is 0 Å². The minimum Gasteiger partial charge on any atom is -0.299 e. The molecule has 1 aromatic heterocycles. The van der Waals surface area contributed by atoms with Crippen LogP contribution in [0, 0.1) is 16.7 Å². The van der Waals surface area contributed by atoms with Crippen LogP contribution in [0.1, 0.15) is 64.2 Å². The minimum atomic E-state index is -0.240. The van der Waals surface area contributed by atoms with E-state index in [9.17, 15) is 9.59 Å². The van der Waals surface area contributed by atoms with Crippen LogP contribution in [0.3, 0.4) is 0 Å². The van der Waals surface area contributed by atoms with Gasteiger partial charge < -0.3 is 0 Å². The van der Waals surface area contributed by atoms with Gasteiger partial charge in [0.1, 0.15) is 5.78 Å². The van der Waals surface area contributed by atoms with Gasteiger partial charge in [-0.25, -0.2) is 0 Å². The Morgan fingerprint density at radius 1 is 1.00 bits per heavy atom. The molecule has 2 aliphatic carbocycles. The van der Waals surface area contributed by atoms with E-state index < -0.39 is 0 Å². The van der Waals surface area contributed by atoms with E-state index in [0.717, 1.165) is 34.7 Å². The molecule has 2 heterocycles. The van der Waals surface area contributed by atoms with Crippen LogP contribution in [0.15, 0.2) is 33.8 Å². The molecule has 0 amide bonds. The molecule has 0 saturated heterocycles. The van der Waals surface area contributed by atoms with Crippen LogP contribution < -0.4 is 0 Å². The Kier molecular flexibility index (Phi) is 3.70. The van der Waals surface area contributed by atoms with Gasteiger partial charge in [0.2, 0.25) is 0 Å². The van der Waals surface area contributed by atoms with Crippen molar-refractivity contribution in [1.29, 1.82) is 0 Å². The van der Waals surface area contributed by atoms with E-state index >= 15 is 0 Å². The fraction of sp³-hybridized carbons (Fsp3) is 0.571. The van der Waals surface area contributed by atoms with E-state index in [4.69, 9.17) is 4.99 Å². The summed E-state index contributed by atoms with van der Waals surface area (Å²) in [6, 6.07) is 4.09. The van der Waals surface area contributed by atoms with Crippen LogP contribution in [-0.4, -0.2) is 17.3 Å². The molecule has 2 unspecified atom stereocenters. The SMILES string of the molecule is CC1(C)CC(=O)C2C(=NC3=C(C(=O)CC(C)(C)C3)C2c2cccs2)C1. The molecule has 4 heteroatoms. The standard InChI is InChI=1S/C21H25NO2S/c1-20(2)8-12-17(14(23)10-20)19(16-6-5-7-25-16)18-13(22-12)9-21(3,4)11-15(18)24/h5-7,17,19H,8-11H2,1-4H3. The van der Waals surface area contributed by atoms with Gasteiger partial charge in [-0.05, 0) is 35.1 Å². The zero-order valence-corrected chi connectivity index (χ0v) is 16.2. The summed E-state index contributed by atoms with van der Waals surface area (Å²) in [6.45, 7) is 8.56. The number of carbonyl (C=O) groups excluding carboxylic acids is 2. The number of allylic oxidation sites excluding steroid dienone is 2. The molecule has 1 aromatic rings. The number of Topliss-reactive ketones (excluding diaryl/α,β-unsaturated/α-hetero) is 2. The van der Waals surface area contributed by atoms with Gasteiger partial charge in [0, 0.05) is 40.6 Å². The van der Waals surface area contributed by atoms with Crippen molar-refractivity contribution >= 4 is 28.6 Å². The predicted molar refractivity (Wildman–Crippen MR) is 101 cm³/mol. The van der Waals surface area contributed by atoms with E-state index in [1.54, 1.807) is 11.3 Å². The topological polar surface area (TPSA) is 46.5 Å². The molecule has 132 valence electrons. The number of aliphatic imine (C=N–C) groups is 1. The highest BCUT2D eigenvalue weighted by Crippen LogP contribution is 2.52. The van der Waals surface area contributed by atoms with Gasteiger partial charge in [-0.2, -0.15) is 0 Å². The molecule has 1 fully saturated rings. The lowest BCUT2D eigenvalue weighted by Crippen LogP contribution is -2.45. The molecule has 0 aromatic carbocycles.